The minimum atomic E-state index is -4.74. The zero-order valence-electron chi connectivity index (χ0n) is 18.0. The van der Waals surface area contributed by atoms with Crippen LogP contribution in [0.3, 0.4) is 0 Å². The van der Waals surface area contributed by atoms with Gasteiger partial charge in [0.2, 0.25) is 0 Å². The van der Waals surface area contributed by atoms with Gasteiger partial charge >= 0.3 is 6.36 Å². The van der Waals surface area contributed by atoms with Crippen molar-refractivity contribution in [2.45, 2.75) is 43.2 Å². The van der Waals surface area contributed by atoms with Crippen LogP contribution < -0.4 is 10.1 Å². The fourth-order valence-corrected chi connectivity index (χ4v) is 5.27. The molecule has 7 heteroatoms. The molecule has 3 atom stereocenters. The van der Waals surface area contributed by atoms with E-state index in [0.717, 1.165) is 36.1 Å². The zero-order chi connectivity index (χ0) is 22.9. The summed E-state index contributed by atoms with van der Waals surface area (Å²) in [6.07, 6.45) is 1.26. The Labute approximate surface area is 190 Å². The molecule has 0 aliphatic carbocycles. The molecule has 4 nitrogen and oxygen atoms in total. The minimum absolute atomic E-state index is 0.0360. The number of benzene rings is 2. The standard InChI is InChI=1S/C26H25F3N2O2/c27-26(28,29)33-21-9-10-22(19-8-4-12-30-16-19)23(14-21)20-15-25(32-17-20)11-5-13-31-24(25)18-6-2-1-3-7-18/h1-4,6-10,12,14,16,20,24,31H,5,11,13,15,17H2/t20-,24+,25-/m1/s1. The zero-order valence-corrected chi connectivity index (χ0v) is 18.0. The maximum Gasteiger partial charge on any atom is 0.573 e. The Balaban J connectivity index is 1.51. The van der Waals surface area contributed by atoms with Crippen molar-refractivity contribution in [1.82, 2.24) is 10.3 Å². The Bertz CT molecular complexity index is 1090. The molecule has 2 aromatic carbocycles. The van der Waals surface area contributed by atoms with Gasteiger partial charge < -0.3 is 14.8 Å². The lowest BCUT2D eigenvalue weighted by Gasteiger charge is -2.41. The fourth-order valence-electron chi connectivity index (χ4n) is 5.27. The van der Waals surface area contributed by atoms with E-state index in [0.29, 0.717) is 13.0 Å². The minimum Gasteiger partial charge on any atom is -0.406 e. The highest BCUT2D eigenvalue weighted by Crippen LogP contribution is 2.50. The molecule has 5 rings (SSSR count). The molecule has 0 amide bonds. The summed E-state index contributed by atoms with van der Waals surface area (Å²) in [5.41, 5.74) is 3.26. The lowest BCUT2D eigenvalue weighted by atomic mass is 9.76. The van der Waals surface area contributed by atoms with Gasteiger partial charge in [0.25, 0.3) is 0 Å². The maximum atomic E-state index is 12.9. The Kier molecular flexibility index (Phi) is 5.85. The molecule has 2 fully saturated rings. The van der Waals surface area contributed by atoms with Crippen molar-refractivity contribution in [2.24, 2.45) is 0 Å². The Morgan fingerprint density at radius 2 is 1.91 bits per heavy atom. The van der Waals surface area contributed by atoms with E-state index in [1.807, 2.05) is 30.3 Å². The molecule has 1 spiro atoms. The van der Waals surface area contributed by atoms with Crippen LogP contribution in [-0.4, -0.2) is 30.1 Å². The third kappa shape index (κ3) is 4.61. The lowest BCUT2D eigenvalue weighted by Crippen LogP contribution is -2.48. The van der Waals surface area contributed by atoms with Gasteiger partial charge in [-0.3, -0.25) is 4.98 Å². The van der Waals surface area contributed by atoms with Gasteiger partial charge in [0.05, 0.1) is 18.2 Å². The molecule has 0 bridgehead atoms. The highest BCUT2D eigenvalue weighted by molar-refractivity contribution is 5.68. The van der Waals surface area contributed by atoms with Crippen LogP contribution in [0.5, 0.6) is 5.75 Å². The number of halogens is 3. The monoisotopic (exact) mass is 454 g/mol. The Morgan fingerprint density at radius 1 is 1.06 bits per heavy atom. The molecule has 0 saturated carbocycles. The van der Waals surface area contributed by atoms with Gasteiger partial charge in [-0.1, -0.05) is 42.5 Å². The number of nitrogens with one attached hydrogen (secondary N) is 1. The van der Waals surface area contributed by atoms with Crippen LogP contribution in [0.4, 0.5) is 13.2 Å². The van der Waals surface area contributed by atoms with Crippen LogP contribution in [-0.2, 0) is 4.74 Å². The van der Waals surface area contributed by atoms with Crippen molar-refractivity contribution in [3.63, 3.8) is 0 Å². The summed E-state index contributed by atoms with van der Waals surface area (Å²) in [6.45, 7) is 1.35. The fraction of sp³-hybridized carbons (Fsp3) is 0.346. The highest BCUT2D eigenvalue weighted by atomic mass is 19.4. The van der Waals surface area contributed by atoms with Crippen LogP contribution >= 0.6 is 0 Å². The van der Waals surface area contributed by atoms with Gasteiger partial charge in [0.15, 0.2) is 0 Å². The SMILES string of the molecule is FC(F)(F)Oc1ccc(-c2cccnc2)c([C@H]2CO[C@]3(CCCN[C@H]3c3ccccc3)C2)c1. The molecule has 2 aliphatic heterocycles. The number of aromatic nitrogens is 1. The first-order valence-electron chi connectivity index (χ1n) is 11.2. The third-order valence-corrected chi connectivity index (χ3v) is 6.62. The first kappa shape index (κ1) is 21.9. The van der Waals surface area contributed by atoms with E-state index in [-0.39, 0.29) is 17.7 Å². The summed E-state index contributed by atoms with van der Waals surface area (Å²) < 4.78 is 49.6. The van der Waals surface area contributed by atoms with Gasteiger partial charge in [-0.2, -0.15) is 0 Å². The molecule has 2 aliphatic rings. The quantitative estimate of drug-likeness (QED) is 0.524. The van der Waals surface area contributed by atoms with E-state index in [4.69, 9.17) is 4.74 Å². The molecular formula is C26H25F3N2O2. The number of alkyl halides is 3. The second-order valence-corrected chi connectivity index (χ2v) is 8.72. The van der Waals surface area contributed by atoms with Crippen molar-refractivity contribution >= 4 is 0 Å². The van der Waals surface area contributed by atoms with Gasteiger partial charge in [-0.15, -0.1) is 13.2 Å². The smallest absolute Gasteiger partial charge is 0.406 e. The topological polar surface area (TPSA) is 43.4 Å². The average Bonchev–Trinajstić information content (AvgIpc) is 3.23. The molecule has 3 aromatic rings. The van der Waals surface area contributed by atoms with Crippen LogP contribution in [0.15, 0.2) is 73.1 Å². The van der Waals surface area contributed by atoms with Crippen molar-refractivity contribution in [2.75, 3.05) is 13.2 Å². The normalized spacial score (nSPS) is 25.3. The van der Waals surface area contributed by atoms with Crippen molar-refractivity contribution in [3.8, 4) is 16.9 Å². The number of piperidine rings is 1. The first-order valence-corrected chi connectivity index (χ1v) is 11.2. The summed E-state index contributed by atoms with van der Waals surface area (Å²) in [5, 5.41) is 3.62. The highest BCUT2D eigenvalue weighted by Gasteiger charge is 2.49. The predicted octanol–water partition coefficient (Wildman–Crippen LogP) is 6.01. The van der Waals surface area contributed by atoms with Gasteiger partial charge in [-0.25, -0.2) is 0 Å². The van der Waals surface area contributed by atoms with E-state index in [9.17, 15) is 13.2 Å². The van der Waals surface area contributed by atoms with Crippen LogP contribution in [0.25, 0.3) is 11.1 Å². The van der Waals surface area contributed by atoms with Crippen LogP contribution in [0.2, 0.25) is 0 Å². The molecule has 172 valence electrons. The summed E-state index contributed by atoms with van der Waals surface area (Å²) in [4.78, 5) is 4.19. The summed E-state index contributed by atoms with van der Waals surface area (Å²) in [5.74, 6) is -0.282. The molecule has 1 aromatic heterocycles. The van der Waals surface area contributed by atoms with Crippen molar-refractivity contribution in [3.05, 3.63) is 84.2 Å². The van der Waals surface area contributed by atoms with E-state index in [1.165, 1.54) is 17.7 Å². The second kappa shape index (κ2) is 8.80. The maximum absolute atomic E-state index is 12.9. The van der Waals surface area contributed by atoms with Gasteiger partial charge in [0, 0.05) is 23.9 Å². The number of pyridine rings is 1. The van der Waals surface area contributed by atoms with Crippen molar-refractivity contribution < 1.29 is 22.6 Å². The average molecular weight is 454 g/mol. The molecule has 33 heavy (non-hydrogen) atoms. The Hall–Kier alpha value is -2.90. The first-order chi connectivity index (χ1) is 15.9. The molecule has 0 unspecified atom stereocenters. The van der Waals surface area contributed by atoms with E-state index in [2.05, 4.69) is 27.2 Å². The molecule has 2 saturated heterocycles. The van der Waals surface area contributed by atoms with Crippen LogP contribution in [0, 0.1) is 0 Å². The van der Waals surface area contributed by atoms with E-state index in [1.54, 1.807) is 18.5 Å². The van der Waals surface area contributed by atoms with E-state index >= 15 is 0 Å². The lowest BCUT2D eigenvalue weighted by molar-refractivity contribution is -0.274. The van der Waals surface area contributed by atoms with E-state index < -0.39 is 12.0 Å². The molecule has 0 radical (unpaired) electrons. The summed E-state index contributed by atoms with van der Waals surface area (Å²) in [7, 11) is 0. The number of rotatable bonds is 4. The van der Waals surface area contributed by atoms with Crippen molar-refractivity contribution in [1.29, 1.82) is 0 Å². The second-order valence-electron chi connectivity index (χ2n) is 8.72. The summed E-state index contributed by atoms with van der Waals surface area (Å²) >= 11 is 0. The molecule has 1 N–H and O–H groups in total. The number of nitrogens with zero attached hydrogens (tertiary/aromatic N) is 1. The number of hydrogen-bond acceptors (Lipinski definition) is 4. The largest absolute Gasteiger partial charge is 0.573 e. The molecule has 3 heterocycles. The molecular weight excluding hydrogens is 429 g/mol. The number of hydrogen-bond donors (Lipinski definition) is 1. The summed E-state index contributed by atoms with van der Waals surface area (Å²) in [6, 6.07) is 18.6. The third-order valence-electron chi connectivity index (χ3n) is 6.62. The number of ether oxygens (including phenoxy) is 2. The van der Waals surface area contributed by atoms with Gasteiger partial charge in [-0.05, 0) is 60.7 Å². The predicted molar refractivity (Wildman–Crippen MR) is 119 cm³/mol. The van der Waals surface area contributed by atoms with Gasteiger partial charge in [0.1, 0.15) is 5.75 Å². The Morgan fingerprint density at radius 3 is 2.67 bits per heavy atom. The van der Waals surface area contributed by atoms with Crippen LogP contribution in [0.1, 0.15) is 42.3 Å².